The van der Waals surface area contributed by atoms with Crippen LogP contribution in [0.5, 0.6) is 0 Å². The van der Waals surface area contributed by atoms with E-state index in [1.807, 2.05) is 6.92 Å². The molecular formula is C7H9ClN2O2. The Kier molecular flexibility index (Phi) is 3.10. The van der Waals surface area contributed by atoms with Crippen molar-refractivity contribution in [2.45, 2.75) is 13.5 Å². The molecule has 0 bridgehead atoms. The van der Waals surface area contributed by atoms with Gasteiger partial charge in [0.1, 0.15) is 5.88 Å². The molecule has 0 fully saturated rings. The van der Waals surface area contributed by atoms with Crippen LogP contribution in [0.4, 0.5) is 0 Å². The summed E-state index contributed by atoms with van der Waals surface area (Å²) in [7, 11) is 0. The number of halogens is 1. The van der Waals surface area contributed by atoms with Crippen LogP contribution in [0.25, 0.3) is 0 Å². The molecule has 0 aliphatic rings. The van der Waals surface area contributed by atoms with Crippen molar-refractivity contribution >= 4 is 17.5 Å². The zero-order valence-corrected chi connectivity index (χ0v) is 7.39. The second-order valence-electron chi connectivity index (χ2n) is 2.34. The second-order valence-corrected chi connectivity index (χ2v) is 2.61. The maximum absolute atomic E-state index is 10.7. The molecule has 12 heavy (non-hydrogen) atoms. The first kappa shape index (κ1) is 9.06. The normalized spacial score (nSPS) is 9.83. The fourth-order valence-corrected chi connectivity index (χ4v) is 0.827. The van der Waals surface area contributed by atoms with E-state index in [0.29, 0.717) is 12.3 Å². The largest absolute Gasteiger partial charge is 0.359 e. The van der Waals surface area contributed by atoms with Gasteiger partial charge in [0.2, 0.25) is 5.91 Å². The average molecular weight is 189 g/mol. The monoisotopic (exact) mass is 188 g/mol. The predicted molar refractivity (Wildman–Crippen MR) is 43.8 cm³/mol. The predicted octanol–water partition coefficient (Wildman–Crippen LogP) is 0.838. The summed E-state index contributed by atoms with van der Waals surface area (Å²) in [6.07, 6.45) is 0. The van der Waals surface area contributed by atoms with Crippen LogP contribution >= 0.6 is 11.6 Å². The molecule has 1 heterocycles. The van der Waals surface area contributed by atoms with Gasteiger partial charge in [0, 0.05) is 6.07 Å². The molecule has 0 aliphatic heterocycles. The molecule has 1 rings (SSSR count). The summed E-state index contributed by atoms with van der Waals surface area (Å²) in [5.41, 5.74) is 0.796. The van der Waals surface area contributed by atoms with Crippen molar-refractivity contribution in [2.75, 3.05) is 5.88 Å². The molecular weight excluding hydrogens is 180 g/mol. The quantitative estimate of drug-likeness (QED) is 0.716. The summed E-state index contributed by atoms with van der Waals surface area (Å²) in [5.74, 6) is 0.379. The minimum atomic E-state index is -0.217. The molecule has 1 aromatic rings. The molecule has 0 aliphatic carbocycles. The highest BCUT2D eigenvalue weighted by atomic mass is 35.5. The highest BCUT2D eigenvalue weighted by molar-refractivity contribution is 6.27. The Labute approximate surface area is 74.9 Å². The number of carbonyl (C=O) groups is 1. The van der Waals surface area contributed by atoms with E-state index in [1.165, 1.54) is 0 Å². The average Bonchev–Trinajstić information content (AvgIpc) is 2.47. The highest BCUT2D eigenvalue weighted by Crippen LogP contribution is 2.00. The number of nitrogens with zero attached hydrogens (tertiary/aromatic N) is 1. The van der Waals surface area contributed by atoms with Crippen LogP contribution in [0.15, 0.2) is 10.6 Å². The van der Waals surface area contributed by atoms with Crippen molar-refractivity contribution in [3.8, 4) is 0 Å². The summed E-state index contributed by atoms with van der Waals surface area (Å²) in [5, 5.41) is 6.22. The van der Waals surface area contributed by atoms with Crippen LogP contribution < -0.4 is 5.32 Å². The number of hydrogen-bond acceptors (Lipinski definition) is 3. The summed E-state index contributed by atoms with van der Waals surface area (Å²) < 4.78 is 4.85. The van der Waals surface area contributed by atoms with Gasteiger partial charge >= 0.3 is 0 Å². The molecule has 0 saturated heterocycles. The molecule has 0 spiro atoms. The van der Waals surface area contributed by atoms with E-state index in [2.05, 4.69) is 10.5 Å². The minimum Gasteiger partial charge on any atom is -0.359 e. The zero-order chi connectivity index (χ0) is 8.97. The Morgan fingerprint density at radius 3 is 3.08 bits per heavy atom. The highest BCUT2D eigenvalue weighted by Gasteiger charge is 2.02. The van der Waals surface area contributed by atoms with Crippen molar-refractivity contribution in [1.82, 2.24) is 10.5 Å². The second kappa shape index (κ2) is 4.11. The van der Waals surface area contributed by atoms with Gasteiger partial charge in [0.05, 0.1) is 12.2 Å². The van der Waals surface area contributed by atoms with E-state index in [-0.39, 0.29) is 11.8 Å². The maximum atomic E-state index is 10.7. The Bertz CT molecular complexity index is 272. The van der Waals surface area contributed by atoms with Gasteiger partial charge in [-0.3, -0.25) is 4.79 Å². The van der Waals surface area contributed by atoms with E-state index in [1.54, 1.807) is 6.07 Å². The number of aromatic nitrogens is 1. The van der Waals surface area contributed by atoms with E-state index in [0.717, 1.165) is 5.69 Å². The first-order chi connectivity index (χ1) is 5.72. The van der Waals surface area contributed by atoms with Gasteiger partial charge in [-0.2, -0.15) is 0 Å². The minimum absolute atomic E-state index is 0.0346. The summed E-state index contributed by atoms with van der Waals surface area (Å²) in [6.45, 7) is 2.16. The van der Waals surface area contributed by atoms with Gasteiger partial charge < -0.3 is 9.84 Å². The fraction of sp³-hybridized carbons (Fsp3) is 0.429. The summed E-state index contributed by atoms with van der Waals surface area (Å²) in [4.78, 5) is 10.7. The maximum Gasteiger partial charge on any atom is 0.235 e. The number of carbonyl (C=O) groups excluding carboxylic acids is 1. The topological polar surface area (TPSA) is 55.1 Å². The third-order valence-corrected chi connectivity index (χ3v) is 1.50. The Balaban J connectivity index is 2.38. The van der Waals surface area contributed by atoms with Crippen LogP contribution in [0, 0.1) is 6.92 Å². The van der Waals surface area contributed by atoms with Gasteiger partial charge in [0.15, 0.2) is 5.76 Å². The number of rotatable bonds is 3. The molecule has 0 atom stereocenters. The molecule has 5 heteroatoms. The van der Waals surface area contributed by atoms with Gasteiger partial charge in [-0.05, 0) is 6.92 Å². The molecule has 0 radical (unpaired) electrons. The molecule has 0 unspecified atom stereocenters. The molecule has 1 N–H and O–H groups in total. The van der Waals surface area contributed by atoms with Crippen molar-refractivity contribution in [1.29, 1.82) is 0 Å². The van der Waals surface area contributed by atoms with Gasteiger partial charge in [-0.25, -0.2) is 0 Å². The summed E-state index contributed by atoms with van der Waals surface area (Å²) >= 11 is 5.27. The van der Waals surface area contributed by atoms with Crippen LogP contribution in [-0.2, 0) is 11.3 Å². The van der Waals surface area contributed by atoms with E-state index < -0.39 is 0 Å². The fourth-order valence-electron chi connectivity index (χ4n) is 0.733. The molecule has 4 nitrogen and oxygen atoms in total. The first-order valence-corrected chi connectivity index (χ1v) is 4.00. The lowest BCUT2D eigenvalue weighted by Crippen LogP contribution is -2.23. The third kappa shape index (κ3) is 2.54. The van der Waals surface area contributed by atoms with Crippen LogP contribution in [0.3, 0.4) is 0 Å². The number of amides is 1. The number of alkyl halides is 1. The third-order valence-electron chi connectivity index (χ3n) is 1.26. The Morgan fingerprint density at radius 1 is 1.83 bits per heavy atom. The van der Waals surface area contributed by atoms with Crippen molar-refractivity contribution in [3.05, 3.63) is 17.5 Å². The van der Waals surface area contributed by atoms with Gasteiger partial charge in [-0.1, -0.05) is 5.16 Å². The zero-order valence-electron chi connectivity index (χ0n) is 6.63. The standard InChI is InChI=1S/C7H9ClN2O2/c1-5-2-6(12-10-5)4-9-7(11)3-8/h2H,3-4H2,1H3,(H,9,11). The van der Waals surface area contributed by atoms with Crippen molar-refractivity contribution < 1.29 is 9.32 Å². The number of hydrogen-bond donors (Lipinski definition) is 1. The Hall–Kier alpha value is -1.03. The lowest BCUT2D eigenvalue weighted by molar-refractivity contribution is -0.118. The summed E-state index contributed by atoms with van der Waals surface area (Å²) in [6, 6.07) is 1.76. The smallest absolute Gasteiger partial charge is 0.235 e. The lowest BCUT2D eigenvalue weighted by atomic mass is 10.4. The molecule has 1 amide bonds. The van der Waals surface area contributed by atoms with Crippen molar-refractivity contribution in [3.63, 3.8) is 0 Å². The molecule has 0 saturated carbocycles. The van der Waals surface area contributed by atoms with E-state index in [4.69, 9.17) is 16.1 Å². The first-order valence-electron chi connectivity index (χ1n) is 3.47. The van der Waals surface area contributed by atoms with Gasteiger partial charge in [-0.15, -0.1) is 11.6 Å². The SMILES string of the molecule is Cc1cc(CNC(=O)CCl)on1. The molecule has 0 aromatic carbocycles. The van der Waals surface area contributed by atoms with Crippen LogP contribution in [-0.4, -0.2) is 16.9 Å². The van der Waals surface area contributed by atoms with Gasteiger partial charge in [0.25, 0.3) is 0 Å². The van der Waals surface area contributed by atoms with E-state index in [9.17, 15) is 4.79 Å². The Morgan fingerprint density at radius 2 is 2.58 bits per heavy atom. The lowest BCUT2D eigenvalue weighted by Gasteiger charge is -1.96. The van der Waals surface area contributed by atoms with Crippen LogP contribution in [0.1, 0.15) is 11.5 Å². The number of nitrogens with one attached hydrogen (secondary N) is 1. The van der Waals surface area contributed by atoms with Crippen LogP contribution in [0.2, 0.25) is 0 Å². The van der Waals surface area contributed by atoms with E-state index >= 15 is 0 Å². The van der Waals surface area contributed by atoms with Crippen molar-refractivity contribution in [2.24, 2.45) is 0 Å². The number of aryl methyl sites for hydroxylation is 1. The molecule has 1 aromatic heterocycles. The molecule has 66 valence electrons.